The monoisotopic (exact) mass is 438 g/mol. The standard InChI is InChI=1S/C25H30N2O5/c1-15(2)22(13-24(29)30)27-23(28)12-16(3)26-25(31)32-14-21-19-10-6-4-8-17(19)18-9-5-7-11-20(18)21/h4-11,15-16,21-22H,12-14H2,1-3H3,(H,26,31)(H,27,28)(H,29,30)/t16-,22+/m0/s1. The number of hydrogen-bond acceptors (Lipinski definition) is 4. The zero-order valence-electron chi connectivity index (χ0n) is 18.6. The summed E-state index contributed by atoms with van der Waals surface area (Å²) in [5.74, 6) is -1.32. The summed E-state index contributed by atoms with van der Waals surface area (Å²) >= 11 is 0. The van der Waals surface area contributed by atoms with Gasteiger partial charge in [0, 0.05) is 24.4 Å². The van der Waals surface area contributed by atoms with Crippen LogP contribution in [-0.4, -0.2) is 41.8 Å². The fraction of sp³-hybridized carbons (Fsp3) is 0.400. The number of carbonyl (C=O) groups is 3. The first-order valence-corrected chi connectivity index (χ1v) is 10.9. The maximum Gasteiger partial charge on any atom is 0.407 e. The number of aliphatic carboxylic acids is 1. The Bertz CT molecular complexity index is 942. The van der Waals surface area contributed by atoms with Crippen LogP contribution in [0.1, 0.15) is 50.7 Å². The number of carboxylic acids is 1. The van der Waals surface area contributed by atoms with E-state index in [4.69, 9.17) is 9.84 Å². The number of alkyl carbamates (subject to hydrolysis) is 1. The number of amides is 2. The van der Waals surface area contributed by atoms with Crippen molar-refractivity contribution in [3.63, 3.8) is 0 Å². The summed E-state index contributed by atoms with van der Waals surface area (Å²) in [5.41, 5.74) is 4.57. The van der Waals surface area contributed by atoms with Gasteiger partial charge in [0.05, 0.1) is 6.42 Å². The molecule has 0 aromatic heterocycles. The molecule has 0 spiro atoms. The number of hydrogen-bond donors (Lipinski definition) is 3. The summed E-state index contributed by atoms with van der Waals surface area (Å²) in [6.07, 6.45) is -0.692. The first-order valence-electron chi connectivity index (χ1n) is 10.9. The Morgan fingerprint density at radius 3 is 2.00 bits per heavy atom. The van der Waals surface area contributed by atoms with Gasteiger partial charge in [-0.05, 0) is 35.1 Å². The maximum absolute atomic E-state index is 12.3. The van der Waals surface area contributed by atoms with Crippen LogP contribution in [0.25, 0.3) is 11.1 Å². The summed E-state index contributed by atoms with van der Waals surface area (Å²) in [6.45, 7) is 5.62. The second kappa shape index (κ2) is 10.3. The Hall–Kier alpha value is -3.35. The second-order valence-corrected chi connectivity index (χ2v) is 8.59. The highest BCUT2D eigenvalue weighted by Crippen LogP contribution is 2.44. The van der Waals surface area contributed by atoms with E-state index in [1.807, 2.05) is 38.1 Å². The van der Waals surface area contributed by atoms with Gasteiger partial charge in [-0.25, -0.2) is 4.79 Å². The molecule has 0 fully saturated rings. The lowest BCUT2D eigenvalue weighted by Crippen LogP contribution is -2.43. The molecule has 2 amide bonds. The molecule has 7 heteroatoms. The smallest absolute Gasteiger partial charge is 0.407 e. The highest BCUT2D eigenvalue weighted by Gasteiger charge is 2.29. The SMILES string of the molecule is CC(C)[C@@H](CC(=O)O)NC(=O)C[C@H](C)NC(=O)OCC1c2ccccc2-c2ccccc21. The molecule has 0 unspecified atom stereocenters. The fourth-order valence-corrected chi connectivity index (χ4v) is 4.08. The van der Waals surface area contributed by atoms with Crippen LogP contribution in [0.15, 0.2) is 48.5 Å². The van der Waals surface area contributed by atoms with Crippen LogP contribution < -0.4 is 10.6 Å². The molecule has 0 saturated heterocycles. The number of benzene rings is 2. The topological polar surface area (TPSA) is 105 Å². The summed E-state index contributed by atoms with van der Waals surface area (Å²) in [5, 5.41) is 14.4. The quantitative estimate of drug-likeness (QED) is 0.550. The lowest BCUT2D eigenvalue weighted by atomic mass is 9.98. The number of ether oxygens (including phenoxy) is 1. The molecule has 2 aromatic carbocycles. The average Bonchev–Trinajstić information content (AvgIpc) is 3.05. The van der Waals surface area contributed by atoms with Crippen LogP contribution in [0.2, 0.25) is 0 Å². The molecule has 7 nitrogen and oxygen atoms in total. The van der Waals surface area contributed by atoms with Crippen molar-refractivity contribution in [3.8, 4) is 11.1 Å². The highest BCUT2D eigenvalue weighted by atomic mass is 16.5. The van der Waals surface area contributed by atoms with E-state index in [-0.39, 0.29) is 37.2 Å². The molecule has 170 valence electrons. The van der Waals surface area contributed by atoms with Gasteiger partial charge in [-0.3, -0.25) is 9.59 Å². The van der Waals surface area contributed by atoms with Crippen molar-refractivity contribution in [3.05, 3.63) is 59.7 Å². The minimum absolute atomic E-state index is 0.0135. The molecule has 3 N–H and O–H groups in total. The van der Waals surface area contributed by atoms with Crippen LogP contribution in [0, 0.1) is 5.92 Å². The predicted octanol–water partition coefficient (Wildman–Crippen LogP) is 3.92. The fourth-order valence-electron chi connectivity index (χ4n) is 4.08. The van der Waals surface area contributed by atoms with Gasteiger partial charge in [0.2, 0.25) is 5.91 Å². The highest BCUT2D eigenvalue weighted by molar-refractivity contribution is 5.80. The van der Waals surface area contributed by atoms with Gasteiger partial charge >= 0.3 is 12.1 Å². The van der Waals surface area contributed by atoms with Crippen molar-refractivity contribution in [1.82, 2.24) is 10.6 Å². The third-order valence-electron chi connectivity index (χ3n) is 5.75. The lowest BCUT2D eigenvalue weighted by Gasteiger charge is -2.22. The molecule has 1 aliphatic rings. The van der Waals surface area contributed by atoms with E-state index in [0.717, 1.165) is 22.3 Å². The van der Waals surface area contributed by atoms with Crippen molar-refractivity contribution in [2.75, 3.05) is 6.61 Å². The van der Waals surface area contributed by atoms with Gasteiger partial charge in [-0.2, -0.15) is 0 Å². The van der Waals surface area contributed by atoms with E-state index < -0.39 is 24.1 Å². The van der Waals surface area contributed by atoms with Crippen LogP contribution in [0.4, 0.5) is 4.79 Å². The molecular weight excluding hydrogens is 408 g/mol. The summed E-state index contributed by atoms with van der Waals surface area (Å²) in [6, 6.07) is 15.3. The van der Waals surface area contributed by atoms with Crippen molar-refractivity contribution in [2.45, 2.75) is 51.6 Å². The van der Waals surface area contributed by atoms with Crippen molar-refractivity contribution < 1.29 is 24.2 Å². The van der Waals surface area contributed by atoms with Crippen LogP contribution in [0.5, 0.6) is 0 Å². The van der Waals surface area contributed by atoms with Gasteiger partial charge in [0.1, 0.15) is 6.61 Å². The minimum Gasteiger partial charge on any atom is -0.481 e. The molecule has 0 bridgehead atoms. The van der Waals surface area contributed by atoms with E-state index in [2.05, 4.69) is 34.9 Å². The molecule has 2 atom stereocenters. The van der Waals surface area contributed by atoms with Crippen molar-refractivity contribution in [1.29, 1.82) is 0 Å². The molecule has 0 radical (unpaired) electrons. The van der Waals surface area contributed by atoms with Gasteiger partial charge in [0.25, 0.3) is 0 Å². The normalized spacial score (nSPS) is 14.2. The summed E-state index contributed by atoms with van der Waals surface area (Å²) in [4.78, 5) is 35.6. The van der Waals surface area contributed by atoms with Gasteiger partial charge in [0.15, 0.2) is 0 Å². The summed E-state index contributed by atoms with van der Waals surface area (Å²) in [7, 11) is 0. The third-order valence-corrected chi connectivity index (χ3v) is 5.75. The molecule has 3 rings (SSSR count). The zero-order valence-corrected chi connectivity index (χ0v) is 18.6. The largest absolute Gasteiger partial charge is 0.481 e. The number of nitrogens with one attached hydrogen (secondary N) is 2. The Morgan fingerprint density at radius 1 is 0.906 bits per heavy atom. The predicted molar refractivity (Wildman–Crippen MR) is 121 cm³/mol. The molecule has 32 heavy (non-hydrogen) atoms. The third kappa shape index (κ3) is 5.66. The Kier molecular flexibility index (Phi) is 7.51. The van der Waals surface area contributed by atoms with Crippen LogP contribution >= 0.6 is 0 Å². The van der Waals surface area contributed by atoms with Crippen molar-refractivity contribution in [2.24, 2.45) is 5.92 Å². The van der Waals surface area contributed by atoms with E-state index in [1.165, 1.54) is 0 Å². The van der Waals surface area contributed by atoms with Gasteiger partial charge in [-0.15, -0.1) is 0 Å². The first kappa shape index (κ1) is 23.3. The second-order valence-electron chi connectivity index (χ2n) is 8.59. The van der Waals surface area contributed by atoms with Gasteiger partial charge in [-0.1, -0.05) is 62.4 Å². The molecule has 0 heterocycles. The Balaban J connectivity index is 1.52. The molecule has 0 aliphatic heterocycles. The van der Waals surface area contributed by atoms with Gasteiger partial charge < -0.3 is 20.5 Å². The maximum atomic E-state index is 12.3. The number of fused-ring (bicyclic) bond motifs is 3. The van der Waals surface area contributed by atoms with E-state index >= 15 is 0 Å². The summed E-state index contributed by atoms with van der Waals surface area (Å²) < 4.78 is 5.50. The zero-order chi connectivity index (χ0) is 23.3. The van der Waals surface area contributed by atoms with E-state index in [1.54, 1.807) is 6.92 Å². The lowest BCUT2D eigenvalue weighted by molar-refractivity contribution is -0.138. The first-order chi connectivity index (χ1) is 15.3. The number of rotatable bonds is 9. The average molecular weight is 439 g/mol. The molecular formula is C25H30N2O5. The van der Waals surface area contributed by atoms with Crippen molar-refractivity contribution >= 4 is 18.0 Å². The molecule has 1 aliphatic carbocycles. The van der Waals surface area contributed by atoms with E-state index in [0.29, 0.717) is 0 Å². The number of carboxylic acid groups (broad SMARTS) is 1. The van der Waals surface area contributed by atoms with Crippen LogP contribution in [-0.2, 0) is 14.3 Å². The molecule has 0 saturated carbocycles. The Morgan fingerprint density at radius 2 is 1.47 bits per heavy atom. The molecule has 2 aromatic rings. The van der Waals surface area contributed by atoms with Crippen LogP contribution in [0.3, 0.4) is 0 Å². The number of carbonyl (C=O) groups excluding carboxylic acids is 2. The minimum atomic E-state index is -0.964. The van der Waals surface area contributed by atoms with E-state index in [9.17, 15) is 14.4 Å². The Labute approximate surface area is 188 Å².